The predicted molar refractivity (Wildman–Crippen MR) is 340 cm³/mol. The lowest BCUT2D eigenvalue weighted by molar-refractivity contribution is -0.131. The first-order valence-electron chi connectivity index (χ1n) is 29.5. The smallest absolute Gasteiger partial charge is 0.277 e. The monoisotopic (exact) mass is 1230 g/mol. The van der Waals surface area contributed by atoms with Crippen LogP contribution in [0.1, 0.15) is 134 Å². The molecule has 4 aliphatic heterocycles. The van der Waals surface area contributed by atoms with E-state index in [0.29, 0.717) is 70.3 Å². The summed E-state index contributed by atoms with van der Waals surface area (Å²) in [5.41, 5.74) is 9.63. The Balaban J connectivity index is 0.886. The van der Waals surface area contributed by atoms with Crippen molar-refractivity contribution in [2.24, 2.45) is 11.8 Å². The van der Waals surface area contributed by atoms with Gasteiger partial charge in [-0.05, 0) is 147 Å². The molecule has 0 saturated carbocycles. The maximum Gasteiger partial charge on any atom is 0.277 e. The molecule has 0 fully saturated rings. The molecular formula is C66H79N5O12S3. The van der Waals surface area contributed by atoms with Crippen molar-refractivity contribution in [2.45, 2.75) is 148 Å². The summed E-state index contributed by atoms with van der Waals surface area (Å²) in [6, 6.07) is 28.4. The number of benzene rings is 5. The molecular weight excluding hydrogens is 1150 g/mol. The van der Waals surface area contributed by atoms with Crippen LogP contribution in [0.5, 0.6) is 17.2 Å². The molecule has 17 nitrogen and oxygen atoms in total. The molecule has 4 amide bonds. The number of nitrogens with zero attached hydrogens (tertiary/aromatic N) is 3. The van der Waals surface area contributed by atoms with Crippen molar-refractivity contribution in [2.75, 3.05) is 53.6 Å². The highest BCUT2D eigenvalue weighted by Crippen LogP contribution is 2.44. The van der Waals surface area contributed by atoms with Crippen LogP contribution in [0, 0.1) is 18.8 Å². The van der Waals surface area contributed by atoms with E-state index in [1.165, 1.54) is 21.6 Å². The van der Waals surface area contributed by atoms with E-state index in [9.17, 15) is 37.2 Å². The van der Waals surface area contributed by atoms with Crippen LogP contribution in [0.4, 0.5) is 22.7 Å². The molecule has 9 rings (SSSR count). The van der Waals surface area contributed by atoms with Gasteiger partial charge < -0.3 is 39.5 Å². The molecule has 4 heterocycles. The molecule has 5 aromatic rings. The van der Waals surface area contributed by atoms with E-state index >= 15 is 0 Å². The molecule has 0 radical (unpaired) electrons. The van der Waals surface area contributed by atoms with Gasteiger partial charge in [-0.25, -0.2) is 0 Å². The van der Waals surface area contributed by atoms with Gasteiger partial charge in [-0.3, -0.25) is 33.0 Å². The summed E-state index contributed by atoms with van der Waals surface area (Å²) in [5.74, 6) is -0.737. The third-order valence-corrected chi connectivity index (χ3v) is 21.8. The van der Waals surface area contributed by atoms with Gasteiger partial charge in [0.25, 0.3) is 21.9 Å². The molecule has 0 spiro atoms. The number of carbonyl (C=O) groups excluding carboxylic acids is 6. The van der Waals surface area contributed by atoms with E-state index < -0.39 is 43.8 Å². The zero-order chi connectivity index (χ0) is 61.8. The molecule has 2 N–H and O–H groups in total. The van der Waals surface area contributed by atoms with Crippen LogP contribution in [0.25, 0.3) is 0 Å². The number of hydrogen-bond acceptors (Lipinski definition) is 15. The second kappa shape index (κ2) is 27.0. The number of Topliss-reactive ketones (excluding diaryl/α,β-unsaturated/α-hetero) is 2. The summed E-state index contributed by atoms with van der Waals surface area (Å²) in [6.45, 7) is 13.6. The van der Waals surface area contributed by atoms with Crippen molar-refractivity contribution in [3.8, 4) is 17.2 Å². The van der Waals surface area contributed by atoms with Crippen molar-refractivity contribution in [1.29, 1.82) is 0 Å². The molecule has 458 valence electrons. The number of rotatable bonds is 26. The molecule has 0 bridgehead atoms. The zero-order valence-electron chi connectivity index (χ0n) is 50.8. The minimum atomic E-state index is -4.01. The number of methoxy groups -OCH3 is 1. The number of fused-ring (bicyclic) bond motifs is 8. The summed E-state index contributed by atoms with van der Waals surface area (Å²) in [4.78, 5) is 88.5. The van der Waals surface area contributed by atoms with Crippen molar-refractivity contribution in [3.63, 3.8) is 0 Å². The minimum absolute atomic E-state index is 0.0149. The maximum atomic E-state index is 14.3. The van der Waals surface area contributed by atoms with Crippen molar-refractivity contribution in [1.82, 2.24) is 5.32 Å². The van der Waals surface area contributed by atoms with E-state index in [4.69, 9.17) is 14.2 Å². The lowest BCUT2D eigenvalue weighted by Crippen LogP contribution is -2.45. The van der Waals surface area contributed by atoms with E-state index in [2.05, 4.69) is 31.8 Å². The number of ether oxygens (including phenoxy) is 3. The van der Waals surface area contributed by atoms with E-state index in [-0.39, 0.29) is 80.4 Å². The Bertz CT molecular complexity index is 3530. The summed E-state index contributed by atoms with van der Waals surface area (Å²) >= 11 is 0. The Hall–Kier alpha value is -6.87. The van der Waals surface area contributed by atoms with Gasteiger partial charge in [-0.1, -0.05) is 85.7 Å². The number of aryl methyl sites for hydroxylation is 2. The lowest BCUT2D eigenvalue weighted by Gasteiger charge is -2.25. The number of hydrogen-bond donors (Lipinski definition) is 2. The van der Waals surface area contributed by atoms with E-state index in [0.717, 1.165) is 65.7 Å². The van der Waals surface area contributed by atoms with Crippen LogP contribution in [0.2, 0.25) is 0 Å². The first kappa shape index (κ1) is 63.6. The Morgan fingerprint density at radius 1 is 0.756 bits per heavy atom. The van der Waals surface area contributed by atoms with Gasteiger partial charge in [0.15, 0.2) is 23.1 Å². The predicted octanol–water partition coefficient (Wildman–Crippen LogP) is 11.0. The molecule has 0 saturated heterocycles. The van der Waals surface area contributed by atoms with Gasteiger partial charge >= 0.3 is 0 Å². The number of para-hydroxylation sites is 2. The Labute approximate surface area is 513 Å². The number of amides is 4. The second-order valence-corrected chi connectivity index (χ2v) is 28.9. The van der Waals surface area contributed by atoms with Crippen LogP contribution in [0.15, 0.2) is 91.0 Å². The maximum absolute atomic E-state index is 14.3. The third-order valence-electron chi connectivity index (χ3n) is 16.8. The summed E-state index contributed by atoms with van der Waals surface area (Å²) in [6.07, 6.45) is 3.64. The van der Waals surface area contributed by atoms with Crippen LogP contribution in [0.3, 0.4) is 0 Å². The highest BCUT2D eigenvalue weighted by molar-refractivity contribution is 8.77. The Kier molecular flexibility index (Phi) is 20.0. The second-order valence-electron chi connectivity index (χ2n) is 23.9. The molecule has 5 aromatic carbocycles. The normalized spacial score (nSPS) is 17.2. The summed E-state index contributed by atoms with van der Waals surface area (Å²) in [5, 5.41) is 4.75. The standard InChI is InChI=1S/C66H79N5O12S3/c1-11-55(72)60(86(78,79)81-10)23-25-84-85-66(6,7)24-22-61(74)68-62(39(2)3)56(73)27-41(5)63(75)67-47-29-42(37-82-57-35-54-51(26-40(57)4)65(77)71-49(36-69(54)8)32-46-17-13-15-19-53(46)71)28-43(30-47)38-83-59-33-44-20-21-48-31-45-16-12-14-18-52(45)70(48)64(76)50(44)34-58(59)80-9/h12-19,26,28-30,33-35,39,41,48-49,60,62H,11,20-25,27,31-32,36-38H2,1-10H3,(H,67,75)(H,68,74)/t41-,48-,49+,60?,62+/m1/s1. The first-order chi connectivity index (χ1) is 41.0. The molecule has 1 unspecified atom stereocenters. The molecule has 20 heteroatoms. The van der Waals surface area contributed by atoms with Gasteiger partial charge in [0.1, 0.15) is 24.2 Å². The van der Waals surface area contributed by atoms with Gasteiger partial charge in [-0.2, -0.15) is 8.42 Å². The molecule has 0 aliphatic carbocycles. The fourth-order valence-corrected chi connectivity index (χ4v) is 16.0. The molecule has 4 aliphatic rings. The Morgan fingerprint density at radius 2 is 1.38 bits per heavy atom. The molecule has 86 heavy (non-hydrogen) atoms. The fourth-order valence-electron chi connectivity index (χ4n) is 12.0. The average Bonchev–Trinajstić information content (AvgIpc) is 2.90. The number of ketones is 2. The minimum Gasteiger partial charge on any atom is -0.493 e. The number of carbonyl (C=O) groups is 6. The van der Waals surface area contributed by atoms with Crippen molar-refractivity contribution < 1.29 is 55.6 Å². The van der Waals surface area contributed by atoms with Crippen molar-refractivity contribution in [3.05, 3.63) is 136 Å². The largest absolute Gasteiger partial charge is 0.493 e. The van der Waals surface area contributed by atoms with Gasteiger partial charge in [-0.15, -0.1) is 0 Å². The number of likely N-dealkylation sites (N-methyl/N-ethyl adjacent to an activating group) is 1. The first-order valence-corrected chi connectivity index (χ1v) is 33.3. The van der Waals surface area contributed by atoms with Crippen LogP contribution < -0.4 is 39.5 Å². The average molecular weight is 1230 g/mol. The third kappa shape index (κ3) is 14.2. The SMILES string of the molecule is CCC(=O)C(CCSSC(C)(C)CCC(=O)N[C@H](C(=O)C[C@@H](C)C(=O)Nc1cc(COc2cc3c(cc2C)C(=O)N2c4ccccc4C[C@H]2CN3C)cc(COc2cc3c(cc2OC)C(=O)N2c4ccccc4C[C@H]2CC3)c1)C(C)C)S(=O)(=O)OC. The van der Waals surface area contributed by atoms with E-state index in [1.54, 1.807) is 27.0 Å². The molecule has 5 atom stereocenters. The zero-order valence-corrected chi connectivity index (χ0v) is 53.2. The highest BCUT2D eigenvalue weighted by Gasteiger charge is 2.41. The lowest BCUT2D eigenvalue weighted by atomic mass is 9.92. The van der Waals surface area contributed by atoms with Crippen LogP contribution in [-0.4, -0.2) is 105 Å². The topological polar surface area (TPSA) is 207 Å². The van der Waals surface area contributed by atoms with Crippen LogP contribution in [-0.2, 0) is 66.0 Å². The Morgan fingerprint density at radius 3 is 2.02 bits per heavy atom. The quantitative estimate of drug-likeness (QED) is 0.0300. The van der Waals surface area contributed by atoms with Gasteiger partial charge in [0.05, 0.1) is 37.6 Å². The summed E-state index contributed by atoms with van der Waals surface area (Å²) < 4.78 is 48.0. The number of nitrogens with one attached hydrogen (secondary N) is 2. The number of anilines is 4. The van der Waals surface area contributed by atoms with Gasteiger partial charge in [0, 0.05) is 84.0 Å². The van der Waals surface area contributed by atoms with Gasteiger partial charge in [0.2, 0.25) is 11.8 Å². The van der Waals surface area contributed by atoms with Crippen LogP contribution >= 0.6 is 21.6 Å². The molecule has 0 aromatic heterocycles. The summed E-state index contributed by atoms with van der Waals surface area (Å²) in [7, 11) is 3.50. The van der Waals surface area contributed by atoms with Crippen molar-refractivity contribution >= 4 is 89.7 Å². The highest BCUT2D eigenvalue weighted by atomic mass is 33.1. The van der Waals surface area contributed by atoms with E-state index in [1.807, 2.05) is 124 Å². The fraction of sp³-hybridized carbons (Fsp3) is 0.455.